The van der Waals surface area contributed by atoms with Crippen LogP contribution in [0.4, 0.5) is 0 Å². The van der Waals surface area contributed by atoms with Gasteiger partial charge in [-0.15, -0.1) is 12.4 Å². The van der Waals surface area contributed by atoms with Crippen molar-refractivity contribution in [1.29, 1.82) is 0 Å². The lowest BCUT2D eigenvalue weighted by atomic mass is 10.3. The van der Waals surface area contributed by atoms with Gasteiger partial charge in [0, 0.05) is 13.1 Å². The Morgan fingerprint density at radius 1 is 1.82 bits per heavy atom. The summed E-state index contributed by atoms with van der Waals surface area (Å²) in [6, 6.07) is 0. The Balaban J connectivity index is 0. The fourth-order valence-electron chi connectivity index (χ4n) is 0.374. The summed E-state index contributed by atoms with van der Waals surface area (Å²) in [4.78, 5) is 10.5. The van der Waals surface area contributed by atoms with Gasteiger partial charge in [0.25, 0.3) is 0 Å². The van der Waals surface area contributed by atoms with E-state index in [4.69, 9.17) is 10.8 Å². The molecule has 4 N–H and O–H groups in total. The van der Waals surface area contributed by atoms with Gasteiger partial charge in [-0.05, 0) is 6.08 Å². The van der Waals surface area contributed by atoms with Gasteiger partial charge in [-0.2, -0.15) is 0 Å². The lowest BCUT2D eigenvalue weighted by Gasteiger charge is -2.06. The molecule has 1 atom stereocenters. The van der Waals surface area contributed by atoms with Crippen LogP contribution in [-0.2, 0) is 4.79 Å². The maximum absolute atomic E-state index is 10.5. The number of carbonyl (C=O) groups is 1. The van der Waals surface area contributed by atoms with E-state index in [2.05, 4.69) is 11.9 Å². The summed E-state index contributed by atoms with van der Waals surface area (Å²) < 4.78 is 0. The highest BCUT2D eigenvalue weighted by molar-refractivity contribution is 5.86. The number of halogens is 1. The molecule has 0 spiro atoms. The summed E-state index contributed by atoms with van der Waals surface area (Å²) in [5.74, 6) is -0.299. The molecule has 1 amide bonds. The van der Waals surface area contributed by atoms with Gasteiger partial charge in [-0.25, -0.2) is 0 Å². The second-order valence-corrected chi connectivity index (χ2v) is 1.84. The summed E-state index contributed by atoms with van der Waals surface area (Å²) in [6.07, 6.45) is 0.479. The van der Waals surface area contributed by atoms with Gasteiger partial charge in [0.15, 0.2) is 0 Å². The smallest absolute Gasteiger partial charge is 0.243 e. The summed E-state index contributed by atoms with van der Waals surface area (Å²) in [6.45, 7) is 3.57. The average molecular weight is 181 g/mol. The molecular weight excluding hydrogens is 168 g/mol. The zero-order chi connectivity index (χ0) is 7.98. The third-order valence-corrected chi connectivity index (χ3v) is 0.969. The Morgan fingerprint density at radius 2 is 2.36 bits per heavy atom. The van der Waals surface area contributed by atoms with Crippen LogP contribution >= 0.6 is 12.4 Å². The maximum Gasteiger partial charge on any atom is 0.243 e. The summed E-state index contributed by atoms with van der Waals surface area (Å²) in [5, 5.41) is 11.2. The van der Waals surface area contributed by atoms with E-state index < -0.39 is 6.10 Å². The van der Waals surface area contributed by atoms with Crippen molar-refractivity contribution in [2.45, 2.75) is 6.10 Å². The summed E-state index contributed by atoms with van der Waals surface area (Å²) >= 11 is 0. The number of amides is 1. The van der Waals surface area contributed by atoms with Gasteiger partial charge in [-0.3, -0.25) is 4.79 Å². The topological polar surface area (TPSA) is 75.3 Å². The quantitative estimate of drug-likeness (QED) is 0.488. The predicted octanol–water partition coefficient (Wildman–Crippen LogP) is -0.970. The van der Waals surface area contributed by atoms with Crippen LogP contribution in [0.1, 0.15) is 0 Å². The highest BCUT2D eigenvalue weighted by Crippen LogP contribution is 1.74. The van der Waals surface area contributed by atoms with Crippen molar-refractivity contribution in [2.75, 3.05) is 13.1 Å². The van der Waals surface area contributed by atoms with E-state index >= 15 is 0 Å². The molecule has 5 heteroatoms. The molecule has 0 saturated carbocycles. The van der Waals surface area contributed by atoms with Crippen molar-refractivity contribution in [3.8, 4) is 0 Å². The van der Waals surface area contributed by atoms with E-state index in [1.807, 2.05) is 0 Å². The molecule has 0 heterocycles. The Morgan fingerprint density at radius 3 is 2.73 bits per heavy atom. The van der Waals surface area contributed by atoms with Crippen molar-refractivity contribution >= 4 is 18.3 Å². The monoisotopic (exact) mass is 180 g/mol. The number of nitrogens with two attached hydrogens (primary N) is 1. The number of hydrogen-bond acceptors (Lipinski definition) is 3. The minimum atomic E-state index is -0.663. The van der Waals surface area contributed by atoms with Crippen LogP contribution in [0.2, 0.25) is 0 Å². The van der Waals surface area contributed by atoms with Gasteiger partial charge in [0.1, 0.15) is 0 Å². The fourth-order valence-corrected chi connectivity index (χ4v) is 0.374. The van der Waals surface area contributed by atoms with Crippen LogP contribution in [0.5, 0.6) is 0 Å². The van der Waals surface area contributed by atoms with Crippen LogP contribution in [0.15, 0.2) is 12.7 Å². The number of aliphatic hydroxyl groups excluding tert-OH is 1. The lowest BCUT2D eigenvalue weighted by Crippen LogP contribution is -2.35. The van der Waals surface area contributed by atoms with Crippen molar-refractivity contribution in [1.82, 2.24) is 5.32 Å². The van der Waals surface area contributed by atoms with Gasteiger partial charge >= 0.3 is 0 Å². The number of carbonyl (C=O) groups excluding carboxylic acids is 1. The normalized spacial score (nSPS) is 11.1. The third kappa shape index (κ3) is 7.32. The summed E-state index contributed by atoms with van der Waals surface area (Å²) in [7, 11) is 0. The van der Waals surface area contributed by atoms with E-state index in [9.17, 15) is 4.79 Å². The van der Waals surface area contributed by atoms with E-state index in [0.717, 1.165) is 6.08 Å². The molecule has 4 nitrogen and oxygen atoms in total. The highest BCUT2D eigenvalue weighted by atomic mass is 35.5. The molecule has 0 fully saturated rings. The summed E-state index contributed by atoms with van der Waals surface area (Å²) in [5.41, 5.74) is 5.07. The largest absolute Gasteiger partial charge is 0.390 e. The first kappa shape index (κ1) is 13.0. The Kier molecular flexibility index (Phi) is 8.92. The minimum absolute atomic E-state index is 0. The number of nitrogens with one attached hydrogen (secondary N) is 1. The Labute approximate surface area is 71.9 Å². The molecule has 0 bridgehead atoms. The molecule has 0 aliphatic rings. The lowest BCUT2D eigenvalue weighted by molar-refractivity contribution is -0.116. The molecule has 0 radical (unpaired) electrons. The molecule has 11 heavy (non-hydrogen) atoms. The van der Waals surface area contributed by atoms with E-state index in [-0.39, 0.29) is 31.4 Å². The van der Waals surface area contributed by atoms with Crippen LogP contribution in [0.3, 0.4) is 0 Å². The number of rotatable bonds is 4. The van der Waals surface area contributed by atoms with E-state index in [1.165, 1.54) is 0 Å². The van der Waals surface area contributed by atoms with E-state index in [0.29, 0.717) is 0 Å². The molecule has 0 aliphatic heterocycles. The van der Waals surface area contributed by atoms with Crippen LogP contribution in [0.25, 0.3) is 0 Å². The molecule has 66 valence electrons. The fraction of sp³-hybridized carbons (Fsp3) is 0.500. The zero-order valence-electron chi connectivity index (χ0n) is 6.12. The highest BCUT2D eigenvalue weighted by Gasteiger charge is 2.00. The van der Waals surface area contributed by atoms with Crippen molar-refractivity contribution in [3.05, 3.63) is 12.7 Å². The maximum atomic E-state index is 10.5. The van der Waals surface area contributed by atoms with Gasteiger partial charge < -0.3 is 16.2 Å². The van der Waals surface area contributed by atoms with Crippen molar-refractivity contribution < 1.29 is 9.90 Å². The average Bonchev–Trinajstić information content (AvgIpc) is 1.99. The first-order valence-electron chi connectivity index (χ1n) is 2.99. The molecule has 0 aliphatic carbocycles. The zero-order valence-corrected chi connectivity index (χ0v) is 6.93. The second-order valence-electron chi connectivity index (χ2n) is 1.84. The van der Waals surface area contributed by atoms with E-state index in [1.54, 1.807) is 0 Å². The molecule has 0 aromatic heterocycles. The first-order chi connectivity index (χ1) is 4.70. The molecule has 0 aromatic carbocycles. The van der Waals surface area contributed by atoms with Crippen LogP contribution in [0, 0.1) is 0 Å². The second kappa shape index (κ2) is 7.53. The van der Waals surface area contributed by atoms with Crippen LogP contribution in [-0.4, -0.2) is 30.2 Å². The van der Waals surface area contributed by atoms with Gasteiger partial charge in [-0.1, -0.05) is 6.58 Å². The first-order valence-corrected chi connectivity index (χ1v) is 2.99. The van der Waals surface area contributed by atoms with Gasteiger partial charge in [0.2, 0.25) is 5.91 Å². The van der Waals surface area contributed by atoms with Crippen LogP contribution < -0.4 is 11.1 Å². The Hall–Kier alpha value is -0.580. The number of hydrogen-bond donors (Lipinski definition) is 3. The van der Waals surface area contributed by atoms with Crippen molar-refractivity contribution in [2.24, 2.45) is 5.73 Å². The third-order valence-electron chi connectivity index (χ3n) is 0.969. The minimum Gasteiger partial charge on any atom is -0.390 e. The predicted molar refractivity (Wildman–Crippen MR) is 45.5 cm³/mol. The number of aliphatic hydroxyl groups is 1. The Bertz CT molecular complexity index is 130. The van der Waals surface area contributed by atoms with Gasteiger partial charge in [0.05, 0.1) is 6.10 Å². The van der Waals surface area contributed by atoms with Crippen molar-refractivity contribution in [3.63, 3.8) is 0 Å². The molecule has 0 rings (SSSR count). The molecular formula is C6H13ClN2O2. The standard InChI is InChI=1S/C6H12N2O2.ClH/c1-2-6(10)8-4-5(9)3-7;/h2,5,9H,1,3-4,7H2,(H,8,10);1H. The molecule has 0 saturated heterocycles. The molecule has 0 aromatic rings. The SMILES string of the molecule is C=CC(=O)NCC(O)CN.Cl. The molecule has 1 unspecified atom stereocenters.